The Hall–Kier alpha value is -2.16. The first-order valence-corrected chi connectivity index (χ1v) is 11.5. The highest BCUT2D eigenvalue weighted by atomic mass is 32.2. The molecule has 1 aliphatic carbocycles. The number of benzene rings is 1. The minimum Gasteiger partial charge on any atom is -0.467 e. The summed E-state index contributed by atoms with van der Waals surface area (Å²) in [7, 11) is -3.54. The number of aryl methyl sites for hydroxylation is 2. The van der Waals surface area contributed by atoms with Crippen LogP contribution in [0, 0.1) is 5.92 Å². The maximum absolute atomic E-state index is 13.0. The van der Waals surface area contributed by atoms with Crippen LogP contribution < -0.4 is 5.32 Å². The summed E-state index contributed by atoms with van der Waals surface area (Å²) < 4.78 is 32.6. The number of carbonyl (C=O) groups excluding carboxylic acids is 1. The average Bonchev–Trinajstić information content (AvgIpc) is 3.43. The highest BCUT2D eigenvalue weighted by Crippen LogP contribution is 2.28. The zero-order chi connectivity index (χ0) is 20.4. The Morgan fingerprint density at radius 3 is 2.69 bits per heavy atom. The first kappa shape index (κ1) is 20.1. The second-order valence-corrected chi connectivity index (χ2v) is 9.68. The SMILES string of the molecule is O=C(NCC(O)c1ccco1)C1CCN(S(=O)(=O)c2ccc3c(c2)CCC3)CC1. The van der Waals surface area contributed by atoms with E-state index in [1.54, 1.807) is 18.2 Å². The number of sulfonamides is 1. The maximum Gasteiger partial charge on any atom is 0.243 e. The molecule has 8 heteroatoms. The molecule has 0 radical (unpaired) electrons. The number of rotatable bonds is 6. The van der Waals surface area contributed by atoms with Crippen LogP contribution in [0.3, 0.4) is 0 Å². The van der Waals surface area contributed by atoms with Gasteiger partial charge in [0.15, 0.2) is 0 Å². The van der Waals surface area contributed by atoms with Crippen molar-refractivity contribution in [2.45, 2.75) is 43.1 Å². The van der Waals surface area contributed by atoms with Crippen molar-refractivity contribution in [3.63, 3.8) is 0 Å². The fourth-order valence-electron chi connectivity index (χ4n) is 4.14. The summed E-state index contributed by atoms with van der Waals surface area (Å²) in [5, 5.41) is 12.7. The predicted octanol–water partition coefficient (Wildman–Crippen LogP) is 2.02. The quantitative estimate of drug-likeness (QED) is 0.748. The topological polar surface area (TPSA) is 99.8 Å². The number of piperidine rings is 1. The molecule has 1 unspecified atom stereocenters. The van der Waals surface area contributed by atoms with Crippen LogP contribution in [0.5, 0.6) is 0 Å². The van der Waals surface area contributed by atoms with Crippen molar-refractivity contribution in [2.24, 2.45) is 5.92 Å². The summed E-state index contributed by atoms with van der Waals surface area (Å²) in [6.45, 7) is 0.705. The number of nitrogens with zero attached hydrogens (tertiary/aromatic N) is 1. The van der Waals surface area contributed by atoms with Crippen LogP contribution >= 0.6 is 0 Å². The molecule has 2 N–H and O–H groups in total. The van der Waals surface area contributed by atoms with Crippen LogP contribution in [-0.2, 0) is 27.7 Å². The normalized spacial score (nSPS) is 19.1. The van der Waals surface area contributed by atoms with Crippen LogP contribution in [0.15, 0.2) is 45.9 Å². The minimum absolute atomic E-state index is 0.0694. The lowest BCUT2D eigenvalue weighted by atomic mass is 9.97. The molecule has 1 atom stereocenters. The lowest BCUT2D eigenvalue weighted by molar-refractivity contribution is -0.126. The van der Waals surface area contributed by atoms with E-state index < -0.39 is 16.1 Å². The van der Waals surface area contributed by atoms with Gasteiger partial charge in [-0.3, -0.25) is 4.79 Å². The van der Waals surface area contributed by atoms with Crippen LogP contribution in [0.4, 0.5) is 0 Å². The summed E-state index contributed by atoms with van der Waals surface area (Å²) in [6.07, 6.45) is 4.54. The molecule has 2 aliphatic rings. The van der Waals surface area contributed by atoms with Crippen LogP contribution in [0.1, 0.15) is 42.3 Å². The second-order valence-electron chi connectivity index (χ2n) is 7.74. The number of aliphatic hydroxyl groups is 1. The molecule has 2 aromatic rings. The van der Waals surface area contributed by atoms with Gasteiger partial charge in [-0.15, -0.1) is 0 Å². The van der Waals surface area contributed by atoms with Gasteiger partial charge in [0.1, 0.15) is 11.9 Å². The molecule has 4 rings (SSSR count). The van der Waals surface area contributed by atoms with Crippen LogP contribution in [0.2, 0.25) is 0 Å². The Morgan fingerprint density at radius 2 is 1.97 bits per heavy atom. The fraction of sp³-hybridized carbons (Fsp3) is 0.476. The van der Waals surface area contributed by atoms with E-state index in [-0.39, 0.29) is 18.4 Å². The maximum atomic E-state index is 13.0. The number of carbonyl (C=O) groups is 1. The molecule has 1 amide bonds. The van der Waals surface area contributed by atoms with Gasteiger partial charge < -0.3 is 14.8 Å². The molecule has 0 spiro atoms. The van der Waals surface area contributed by atoms with E-state index in [9.17, 15) is 18.3 Å². The van der Waals surface area contributed by atoms with E-state index in [0.29, 0.717) is 36.6 Å². The van der Waals surface area contributed by atoms with Gasteiger partial charge in [-0.05, 0) is 67.5 Å². The Kier molecular flexibility index (Phi) is 5.76. The molecular weight excluding hydrogens is 392 g/mol. The Labute approximate surface area is 170 Å². The third-order valence-electron chi connectivity index (χ3n) is 5.87. The average molecular weight is 419 g/mol. The molecular formula is C21H26N2O5S. The lowest BCUT2D eigenvalue weighted by Crippen LogP contribution is -2.43. The van der Waals surface area contributed by atoms with Gasteiger partial charge in [-0.25, -0.2) is 8.42 Å². The van der Waals surface area contributed by atoms with Gasteiger partial charge in [0.25, 0.3) is 0 Å². The molecule has 0 bridgehead atoms. The molecule has 0 saturated carbocycles. The number of fused-ring (bicyclic) bond motifs is 1. The first-order chi connectivity index (χ1) is 13.9. The molecule has 1 aromatic carbocycles. The van der Waals surface area contributed by atoms with E-state index in [2.05, 4.69) is 5.32 Å². The van der Waals surface area contributed by atoms with Gasteiger partial charge in [0.05, 0.1) is 17.7 Å². The largest absolute Gasteiger partial charge is 0.467 e. The van der Waals surface area contributed by atoms with Crippen LogP contribution in [0.25, 0.3) is 0 Å². The Bertz CT molecular complexity index is 963. The third kappa shape index (κ3) is 4.24. The van der Waals surface area contributed by atoms with Crippen molar-refractivity contribution in [3.8, 4) is 0 Å². The zero-order valence-electron chi connectivity index (χ0n) is 16.2. The first-order valence-electron chi connectivity index (χ1n) is 10.1. The summed E-state index contributed by atoms with van der Waals surface area (Å²) in [4.78, 5) is 12.8. The van der Waals surface area contributed by atoms with Crippen LogP contribution in [-0.4, -0.2) is 43.4 Å². The van der Waals surface area contributed by atoms with Gasteiger partial charge in [0, 0.05) is 19.0 Å². The molecule has 1 aromatic heterocycles. The van der Waals surface area contributed by atoms with Crippen molar-refractivity contribution < 1.29 is 22.7 Å². The van der Waals surface area contributed by atoms with Gasteiger partial charge in [-0.1, -0.05) is 6.07 Å². The zero-order valence-corrected chi connectivity index (χ0v) is 17.0. The summed E-state index contributed by atoms with van der Waals surface area (Å²) in [6, 6.07) is 8.78. The van der Waals surface area contributed by atoms with E-state index in [0.717, 1.165) is 24.8 Å². The molecule has 1 aliphatic heterocycles. The second kappa shape index (κ2) is 8.30. The standard InChI is InChI=1S/C21H26N2O5S/c24-19(20-5-2-12-28-20)14-22-21(25)16-8-10-23(11-9-16)29(26,27)18-7-6-15-3-1-4-17(15)13-18/h2,5-7,12-13,16,19,24H,1,3-4,8-11,14H2,(H,22,25). The van der Waals surface area contributed by atoms with Gasteiger partial charge in [-0.2, -0.15) is 4.31 Å². The van der Waals surface area contributed by atoms with E-state index >= 15 is 0 Å². The molecule has 1 fully saturated rings. The number of amides is 1. The number of nitrogens with one attached hydrogen (secondary N) is 1. The highest BCUT2D eigenvalue weighted by Gasteiger charge is 2.32. The molecule has 2 heterocycles. The van der Waals surface area contributed by atoms with Gasteiger partial charge in [0.2, 0.25) is 15.9 Å². The van der Waals surface area contributed by atoms with E-state index in [1.807, 2.05) is 12.1 Å². The molecule has 156 valence electrons. The molecule has 7 nitrogen and oxygen atoms in total. The predicted molar refractivity (Wildman–Crippen MR) is 107 cm³/mol. The Morgan fingerprint density at radius 1 is 1.21 bits per heavy atom. The number of hydrogen-bond donors (Lipinski definition) is 2. The molecule has 1 saturated heterocycles. The van der Waals surface area contributed by atoms with E-state index in [1.165, 1.54) is 16.1 Å². The number of furan rings is 1. The monoisotopic (exact) mass is 418 g/mol. The minimum atomic E-state index is -3.54. The summed E-state index contributed by atoms with van der Waals surface area (Å²) in [5.74, 6) is -0.0176. The highest BCUT2D eigenvalue weighted by molar-refractivity contribution is 7.89. The van der Waals surface area contributed by atoms with E-state index in [4.69, 9.17) is 4.42 Å². The smallest absolute Gasteiger partial charge is 0.243 e. The van der Waals surface area contributed by atoms with Gasteiger partial charge >= 0.3 is 0 Å². The number of hydrogen-bond acceptors (Lipinski definition) is 5. The molecule has 29 heavy (non-hydrogen) atoms. The number of aliphatic hydroxyl groups excluding tert-OH is 1. The van der Waals surface area contributed by atoms with Crippen molar-refractivity contribution in [2.75, 3.05) is 19.6 Å². The Balaban J connectivity index is 1.32. The van der Waals surface area contributed by atoms with Crippen molar-refractivity contribution >= 4 is 15.9 Å². The third-order valence-corrected chi connectivity index (χ3v) is 7.77. The summed E-state index contributed by atoms with van der Waals surface area (Å²) in [5.41, 5.74) is 2.38. The van der Waals surface area contributed by atoms with Crippen molar-refractivity contribution in [3.05, 3.63) is 53.5 Å². The van der Waals surface area contributed by atoms with Crippen molar-refractivity contribution in [1.82, 2.24) is 9.62 Å². The van der Waals surface area contributed by atoms with Crippen molar-refractivity contribution in [1.29, 1.82) is 0 Å². The summed E-state index contributed by atoms with van der Waals surface area (Å²) >= 11 is 0. The fourth-order valence-corrected chi connectivity index (χ4v) is 5.66. The lowest BCUT2D eigenvalue weighted by Gasteiger charge is -2.30.